The number of halogens is 2. The summed E-state index contributed by atoms with van der Waals surface area (Å²) < 4.78 is 19.4. The number of hydrogen-bond acceptors (Lipinski definition) is 7. The van der Waals surface area contributed by atoms with Gasteiger partial charge in [-0.15, -0.1) is 0 Å². The Morgan fingerprint density at radius 2 is 1.97 bits per heavy atom. The molecule has 4 atom stereocenters. The van der Waals surface area contributed by atoms with Crippen LogP contribution in [0.4, 0.5) is 16.2 Å². The Balaban J connectivity index is 1.36. The number of nitrogens with two attached hydrogens (primary N) is 1. The van der Waals surface area contributed by atoms with Crippen molar-refractivity contribution in [3.05, 3.63) is 40.8 Å². The first-order valence-corrected chi connectivity index (χ1v) is 11.4. The summed E-state index contributed by atoms with van der Waals surface area (Å²) in [4.78, 5) is 35.1. The molecule has 33 heavy (non-hydrogen) atoms. The van der Waals surface area contributed by atoms with Gasteiger partial charge in [0.1, 0.15) is 35.2 Å². The van der Waals surface area contributed by atoms with Crippen LogP contribution in [0.2, 0.25) is 5.02 Å². The van der Waals surface area contributed by atoms with Crippen molar-refractivity contribution in [2.24, 2.45) is 5.73 Å². The average Bonchev–Trinajstić information content (AvgIpc) is 3.29. The molecule has 2 amide bonds. The standard InChI is InChI=1S/C22H24ClFN6O3/c23-15-7-11(24)1-4-18(15)33-14-8-12-2-3-13(9-14)30(12)22-28-17(20(25)31)10-19(29-22)27-16-5-6-26-21(16)32/h1,4,7,10,12-14,16H,2-3,5-6,8-9H2,(H2,25,31)(H,26,32)(H,27,28,29)/t12-,13+,14+,16-/m0/s1. The van der Waals surface area contributed by atoms with Crippen LogP contribution in [-0.4, -0.2) is 52.6 Å². The van der Waals surface area contributed by atoms with Gasteiger partial charge in [0.15, 0.2) is 0 Å². The van der Waals surface area contributed by atoms with Crippen molar-refractivity contribution in [1.29, 1.82) is 0 Å². The van der Waals surface area contributed by atoms with E-state index < -0.39 is 17.8 Å². The molecule has 11 heteroatoms. The van der Waals surface area contributed by atoms with E-state index in [0.717, 1.165) is 12.8 Å². The number of anilines is 2. The van der Waals surface area contributed by atoms with Crippen LogP contribution in [0, 0.1) is 5.82 Å². The fourth-order valence-electron chi connectivity index (χ4n) is 4.96. The third kappa shape index (κ3) is 4.39. The van der Waals surface area contributed by atoms with E-state index in [-0.39, 0.29) is 34.8 Å². The first kappa shape index (κ1) is 21.7. The van der Waals surface area contributed by atoms with Crippen molar-refractivity contribution < 1.29 is 18.7 Å². The maximum Gasteiger partial charge on any atom is 0.267 e. The smallest absolute Gasteiger partial charge is 0.267 e. The van der Waals surface area contributed by atoms with E-state index in [2.05, 4.69) is 25.5 Å². The molecule has 0 aliphatic carbocycles. The number of fused-ring (bicyclic) bond motifs is 2. The van der Waals surface area contributed by atoms with Crippen LogP contribution >= 0.6 is 11.6 Å². The van der Waals surface area contributed by atoms with E-state index in [9.17, 15) is 14.0 Å². The first-order chi connectivity index (χ1) is 15.9. The highest BCUT2D eigenvalue weighted by Crippen LogP contribution is 2.40. The van der Waals surface area contributed by atoms with Crippen molar-refractivity contribution in [2.45, 2.75) is 56.3 Å². The largest absolute Gasteiger partial charge is 0.489 e. The molecule has 0 unspecified atom stereocenters. The molecule has 4 heterocycles. The molecule has 2 aromatic rings. The van der Waals surface area contributed by atoms with E-state index in [1.54, 1.807) is 6.07 Å². The maximum atomic E-state index is 13.3. The molecule has 2 bridgehead atoms. The van der Waals surface area contributed by atoms with Gasteiger partial charge < -0.3 is 26.0 Å². The quantitative estimate of drug-likeness (QED) is 0.586. The lowest BCUT2D eigenvalue weighted by molar-refractivity contribution is -0.119. The first-order valence-electron chi connectivity index (χ1n) is 11.0. The van der Waals surface area contributed by atoms with Crippen LogP contribution in [0.25, 0.3) is 0 Å². The van der Waals surface area contributed by atoms with Gasteiger partial charge in [-0.05, 0) is 37.5 Å². The Hall–Kier alpha value is -3.14. The number of ether oxygens (including phenoxy) is 1. The van der Waals surface area contributed by atoms with Gasteiger partial charge in [0.05, 0.1) is 5.02 Å². The number of carbonyl (C=O) groups is 2. The topological polar surface area (TPSA) is 122 Å². The summed E-state index contributed by atoms with van der Waals surface area (Å²) in [7, 11) is 0. The van der Waals surface area contributed by atoms with E-state index in [1.165, 1.54) is 18.2 Å². The molecule has 0 spiro atoms. The van der Waals surface area contributed by atoms with Gasteiger partial charge in [-0.2, -0.15) is 4.98 Å². The molecular formula is C22H24ClFN6O3. The molecular weight excluding hydrogens is 451 g/mol. The zero-order valence-corrected chi connectivity index (χ0v) is 18.5. The summed E-state index contributed by atoms with van der Waals surface area (Å²) >= 11 is 6.13. The van der Waals surface area contributed by atoms with Gasteiger partial charge in [0.2, 0.25) is 11.9 Å². The fourth-order valence-corrected chi connectivity index (χ4v) is 5.17. The molecule has 0 saturated carbocycles. The second-order valence-corrected chi connectivity index (χ2v) is 9.06. The number of nitrogens with zero attached hydrogens (tertiary/aromatic N) is 3. The number of amides is 2. The van der Waals surface area contributed by atoms with Crippen LogP contribution in [0.3, 0.4) is 0 Å². The highest BCUT2D eigenvalue weighted by atomic mass is 35.5. The highest BCUT2D eigenvalue weighted by molar-refractivity contribution is 6.32. The number of rotatable bonds is 6. The van der Waals surface area contributed by atoms with Crippen molar-refractivity contribution in [3.8, 4) is 5.75 Å². The molecule has 3 aliphatic heterocycles. The zero-order chi connectivity index (χ0) is 23.1. The van der Waals surface area contributed by atoms with Crippen molar-refractivity contribution in [2.75, 3.05) is 16.8 Å². The van der Waals surface area contributed by atoms with E-state index in [0.29, 0.717) is 43.3 Å². The van der Waals surface area contributed by atoms with Crippen LogP contribution in [0.5, 0.6) is 5.75 Å². The summed E-state index contributed by atoms with van der Waals surface area (Å²) in [5, 5.41) is 6.11. The van der Waals surface area contributed by atoms with Crippen LogP contribution < -0.4 is 26.0 Å². The lowest BCUT2D eigenvalue weighted by Gasteiger charge is -2.39. The van der Waals surface area contributed by atoms with Gasteiger partial charge in [0.25, 0.3) is 5.91 Å². The van der Waals surface area contributed by atoms with Gasteiger partial charge in [0, 0.05) is 37.5 Å². The van der Waals surface area contributed by atoms with E-state index in [1.807, 2.05) is 0 Å². The number of piperidine rings is 1. The number of aromatic nitrogens is 2. The molecule has 1 aromatic carbocycles. The van der Waals surface area contributed by atoms with Crippen LogP contribution in [0.15, 0.2) is 24.3 Å². The van der Waals surface area contributed by atoms with Crippen LogP contribution in [0.1, 0.15) is 42.6 Å². The molecule has 9 nitrogen and oxygen atoms in total. The summed E-state index contributed by atoms with van der Waals surface area (Å²) in [6.07, 6.45) is 3.83. The average molecular weight is 475 g/mol. The highest BCUT2D eigenvalue weighted by Gasteiger charge is 2.43. The second-order valence-electron chi connectivity index (χ2n) is 8.66. The third-order valence-corrected chi connectivity index (χ3v) is 6.74. The molecule has 4 N–H and O–H groups in total. The molecule has 3 saturated heterocycles. The Kier molecular flexibility index (Phi) is 5.69. The number of primary amides is 1. The van der Waals surface area contributed by atoms with Gasteiger partial charge >= 0.3 is 0 Å². The second kappa shape index (κ2) is 8.66. The summed E-state index contributed by atoms with van der Waals surface area (Å²) in [6, 6.07) is 5.40. The van der Waals surface area contributed by atoms with Crippen LogP contribution in [-0.2, 0) is 4.79 Å². The Bertz CT molecular complexity index is 1090. The van der Waals surface area contributed by atoms with Crippen molar-refractivity contribution in [3.63, 3.8) is 0 Å². The summed E-state index contributed by atoms with van der Waals surface area (Å²) in [6.45, 7) is 0.590. The predicted molar refractivity (Wildman–Crippen MR) is 120 cm³/mol. The SMILES string of the molecule is NC(=O)c1cc(N[C@H]2CCNC2=O)nc(N2[C@@H]3CC[C@H]2C[C@@H](Oc2ccc(F)cc2Cl)C3)n1. The molecule has 174 valence electrons. The Morgan fingerprint density at radius 1 is 1.21 bits per heavy atom. The molecule has 3 fully saturated rings. The fraction of sp³-hybridized carbons (Fsp3) is 0.455. The lowest BCUT2D eigenvalue weighted by Crippen LogP contribution is -2.47. The minimum Gasteiger partial charge on any atom is -0.489 e. The minimum atomic E-state index is -0.658. The molecule has 3 aliphatic rings. The van der Waals surface area contributed by atoms with Crippen molar-refractivity contribution in [1.82, 2.24) is 15.3 Å². The van der Waals surface area contributed by atoms with Crippen molar-refractivity contribution >= 4 is 35.2 Å². The maximum absolute atomic E-state index is 13.3. The third-order valence-electron chi connectivity index (χ3n) is 6.45. The van der Waals surface area contributed by atoms with E-state index >= 15 is 0 Å². The lowest BCUT2D eigenvalue weighted by atomic mass is 10.00. The van der Waals surface area contributed by atoms with Gasteiger partial charge in [-0.25, -0.2) is 9.37 Å². The number of nitrogens with one attached hydrogen (secondary N) is 2. The summed E-state index contributed by atoms with van der Waals surface area (Å²) in [5.74, 6) is 0.101. The number of benzene rings is 1. The van der Waals surface area contributed by atoms with E-state index in [4.69, 9.17) is 22.1 Å². The Morgan fingerprint density at radius 3 is 2.61 bits per heavy atom. The molecule has 1 aromatic heterocycles. The molecule has 0 radical (unpaired) electrons. The summed E-state index contributed by atoms with van der Waals surface area (Å²) in [5.41, 5.74) is 5.61. The van der Waals surface area contributed by atoms with Gasteiger partial charge in [-0.1, -0.05) is 11.6 Å². The Labute approximate surface area is 194 Å². The molecule has 5 rings (SSSR count). The number of hydrogen-bond donors (Lipinski definition) is 3. The normalized spacial score (nSPS) is 26.2. The zero-order valence-electron chi connectivity index (χ0n) is 17.8. The number of carbonyl (C=O) groups excluding carboxylic acids is 2. The minimum absolute atomic E-state index is 0.0826. The predicted octanol–water partition coefficient (Wildman–Crippen LogP) is 2.25. The van der Waals surface area contributed by atoms with Gasteiger partial charge in [-0.3, -0.25) is 9.59 Å². The monoisotopic (exact) mass is 474 g/mol.